The molecule has 0 unspecified atom stereocenters. The summed E-state index contributed by atoms with van der Waals surface area (Å²) in [6.45, 7) is 8.71. The van der Waals surface area contributed by atoms with Crippen LogP contribution in [0.3, 0.4) is 0 Å². The molecule has 0 aromatic heterocycles. The van der Waals surface area contributed by atoms with Crippen LogP contribution in [0.2, 0.25) is 0 Å². The average Bonchev–Trinajstić information content (AvgIpc) is 1.64. The Morgan fingerprint density at radius 3 is 2.00 bits per heavy atom. The van der Waals surface area contributed by atoms with Crippen molar-refractivity contribution in [2.75, 3.05) is 0 Å². The summed E-state index contributed by atoms with van der Waals surface area (Å²) >= 11 is 0. The van der Waals surface area contributed by atoms with Crippen LogP contribution in [0, 0.1) is 18.8 Å². The fourth-order valence-electron chi connectivity index (χ4n) is 0.285. The number of rotatable bonds is 2. The Balaban J connectivity index is 3.64. The third-order valence-electron chi connectivity index (χ3n) is 1.00. The Hall–Kier alpha value is -0.530. The summed E-state index contributed by atoms with van der Waals surface area (Å²) in [7, 11) is 0. The van der Waals surface area contributed by atoms with Crippen molar-refractivity contribution >= 4 is 5.97 Å². The van der Waals surface area contributed by atoms with Crippen molar-refractivity contribution in [3.05, 3.63) is 6.92 Å². The van der Waals surface area contributed by atoms with Crippen molar-refractivity contribution < 1.29 is 9.90 Å². The molecule has 0 saturated carbocycles. The van der Waals surface area contributed by atoms with Gasteiger partial charge in [0.2, 0.25) is 0 Å². The maximum absolute atomic E-state index is 10.0. The van der Waals surface area contributed by atoms with Gasteiger partial charge in [0.15, 0.2) is 0 Å². The minimum absolute atomic E-state index is 0.0208. The number of aliphatic carboxylic acids is 1. The maximum Gasteiger partial charge on any atom is 0.307 e. The Bertz CT molecular complexity index is 86.5. The molecule has 0 aliphatic carbocycles. The van der Waals surface area contributed by atoms with E-state index >= 15 is 0 Å². The zero-order chi connectivity index (χ0) is 6.73. The second kappa shape index (κ2) is 2.70. The normalized spacial score (nSPS) is 14.0. The van der Waals surface area contributed by atoms with E-state index in [1.807, 2.05) is 0 Å². The molecule has 0 spiro atoms. The van der Waals surface area contributed by atoms with Crippen molar-refractivity contribution in [3.63, 3.8) is 0 Å². The topological polar surface area (TPSA) is 37.3 Å². The van der Waals surface area contributed by atoms with E-state index in [1.165, 1.54) is 0 Å². The van der Waals surface area contributed by atoms with E-state index in [0.29, 0.717) is 0 Å². The highest BCUT2D eigenvalue weighted by Gasteiger charge is 2.14. The van der Waals surface area contributed by atoms with Crippen LogP contribution in [0.1, 0.15) is 13.8 Å². The van der Waals surface area contributed by atoms with Gasteiger partial charge in [0, 0.05) is 0 Å². The molecule has 0 aromatic rings. The lowest BCUT2D eigenvalue weighted by Crippen LogP contribution is -2.15. The van der Waals surface area contributed by atoms with Crippen LogP contribution in [0.4, 0.5) is 0 Å². The van der Waals surface area contributed by atoms with Gasteiger partial charge in [-0.1, -0.05) is 13.8 Å². The fourth-order valence-corrected chi connectivity index (χ4v) is 0.285. The summed E-state index contributed by atoms with van der Waals surface area (Å²) < 4.78 is 0. The van der Waals surface area contributed by atoms with E-state index in [-0.39, 0.29) is 5.92 Å². The first-order chi connectivity index (χ1) is 3.55. The summed E-state index contributed by atoms with van der Waals surface area (Å²) in [5.41, 5.74) is 0. The predicted molar refractivity (Wildman–Crippen MR) is 30.3 cm³/mol. The number of hydrogen-bond donors (Lipinski definition) is 1. The molecule has 0 bridgehead atoms. The first kappa shape index (κ1) is 7.47. The highest BCUT2D eigenvalue weighted by atomic mass is 16.4. The molecular formula is C6H10O2. The van der Waals surface area contributed by atoms with Crippen molar-refractivity contribution in [3.8, 4) is 0 Å². The minimum Gasteiger partial charge on any atom is -0.481 e. The molecule has 0 amide bonds. The lowest BCUT2D eigenvalue weighted by Gasteiger charge is -2.07. The van der Waals surface area contributed by atoms with Gasteiger partial charge in [-0.15, -0.1) is 0 Å². The summed E-state index contributed by atoms with van der Waals surface area (Å²) in [6, 6.07) is 0. The molecule has 0 aliphatic rings. The molecule has 1 N–H and O–H groups in total. The Kier molecular flexibility index (Phi) is 2.52. The molecule has 2 radical (unpaired) electrons. The van der Waals surface area contributed by atoms with Gasteiger partial charge in [-0.05, 0) is 12.8 Å². The summed E-state index contributed by atoms with van der Waals surface area (Å²) in [4.78, 5) is 10.0. The number of hydrogen-bond acceptors (Lipinski definition) is 1. The van der Waals surface area contributed by atoms with Crippen molar-refractivity contribution in [2.24, 2.45) is 11.8 Å². The van der Waals surface area contributed by atoms with Crippen LogP contribution in [0.25, 0.3) is 0 Å². The van der Waals surface area contributed by atoms with Crippen LogP contribution in [0.5, 0.6) is 0 Å². The maximum atomic E-state index is 10.0. The molecule has 0 fully saturated rings. The predicted octanol–water partition coefficient (Wildman–Crippen LogP) is 1.05. The monoisotopic (exact) mass is 114 g/mol. The van der Waals surface area contributed by atoms with Crippen LogP contribution >= 0.6 is 0 Å². The van der Waals surface area contributed by atoms with Gasteiger partial charge >= 0.3 is 5.97 Å². The van der Waals surface area contributed by atoms with E-state index in [1.54, 1.807) is 13.8 Å². The Morgan fingerprint density at radius 2 is 2.00 bits per heavy atom. The van der Waals surface area contributed by atoms with Crippen molar-refractivity contribution in [2.45, 2.75) is 13.8 Å². The van der Waals surface area contributed by atoms with Gasteiger partial charge in [-0.25, -0.2) is 0 Å². The average molecular weight is 114 g/mol. The fraction of sp³-hybridized carbons (Fsp3) is 0.667. The van der Waals surface area contributed by atoms with Gasteiger partial charge < -0.3 is 5.11 Å². The molecule has 0 aromatic carbocycles. The molecule has 0 heterocycles. The second-order valence-electron chi connectivity index (χ2n) is 2.11. The molecule has 46 valence electrons. The number of carbonyl (C=O) groups is 1. The quantitative estimate of drug-likeness (QED) is 0.582. The third-order valence-corrected chi connectivity index (χ3v) is 1.00. The van der Waals surface area contributed by atoms with Crippen LogP contribution in [0.15, 0.2) is 0 Å². The first-order valence-electron chi connectivity index (χ1n) is 2.54. The largest absolute Gasteiger partial charge is 0.481 e. The number of carboxylic acids is 1. The molecule has 0 aliphatic heterocycles. The molecule has 0 saturated heterocycles. The van der Waals surface area contributed by atoms with E-state index in [0.717, 1.165) is 0 Å². The summed E-state index contributed by atoms with van der Waals surface area (Å²) in [6.07, 6.45) is 0. The van der Waals surface area contributed by atoms with Crippen LogP contribution < -0.4 is 0 Å². The van der Waals surface area contributed by atoms with Gasteiger partial charge in [0.1, 0.15) is 0 Å². The standard InChI is InChI=1S/C6H10O2/c1-4(2)5(3)6(7)8/h3-5H,1-2H3,(H,7,8)/t5-/m0/s1. The van der Waals surface area contributed by atoms with Crippen LogP contribution in [-0.4, -0.2) is 11.1 Å². The van der Waals surface area contributed by atoms with E-state index < -0.39 is 11.9 Å². The van der Waals surface area contributed by atoms with E-state index in [4.69, 9.17) is 12.0 Å². The molecule has 0 rings (SSSR count). The van der Waals surface area contributed by atoms with Crippen LogP contribution in [-0.2, 0) is 4.79 Å². The summed E-state index contributed by atoms with van der Waals surface area (Å²) in [5, 5.41) is 8.23. The molecule has 1 atom stereocenters. The van der Waals surface area contributed by atoms with Gasteiger partial charge in [-0.2, -0.15) is 0 Å². The molecule has 8 heavy (non-hydrogen) atoms. The lowest BCUT2D eigenvalue weighted by atomic mass is 9.99. The Labute approximate surface area is 49.5 Å². The first-order valence-corrected chi connectivity index (χ1v) is 2.54. The highest BCUT2D eigenvalue weighted by molar-refractivity contribution is 5.70. The smallest absolute Gasteiger partial charge is 0.307 e. The lowest BCUT2D eigenvalue weighted by molar-refractivity contribution is -0.141. The minimum atomic E-state index is -0.931. The van der Waals surface area contributed by atoms with Crippen molar-refractivity contribution in [1.29, 1.82) is 0 Å². The van der Waals surface area contributed by atoms with Gasteiger partial charge in [0.25, 0.3) is 0 Å². The summed E-state index contributed by atoms with van der Waals surface area (Å²) in [5.74, 6) is -1.62. The third kappa shape index (κ3) is 1.96. The van der Waals surface area contributed by atoms with Crippen molar-refractivity contribution in [1.82, 2.24) is 0 Å². The zero-order valence-electron chi connectivity index (χ0n) is 5.09. The molecule has 2 nitrogen and oxygen atoms in total. The molecule has 2 heteroatoms. The van der Waals surface area contributed by atoms with Gasteiger partial charge in [0.05, 0.1) is 5.92 Å². The second-order valence-corrected chi connectivity index (χ2v) is 2.11. The SMILES string of the molecule is [CH][C@H](C(=O)O)C(C)C. The van der Waals surface area contributed by atoms with E-state index in [2.05, 4.69) is 0 Å². The zero-order valence-corrected chi connectivity index (χ0v) is 5.09. The highest BCUT2D eigenvalue weighted by Crippen LogP contribution is 2.07. The number of carboxylic acid groups (broad SMARTS) is 1. The van der Waals surface area contributed by atoms with Gasteiger partial charge in [-0.3, -0.25) is 4.79 Å². The molecular weight excluding hydrogens is 104 g/mol. The Morgan fingerprint density at radius 1 is 1.62 bits per heavy atom. The van der Waals surface area contributed by atoms with E-state index in [9.17, 15) is 4.79 Å².